The summed E-state index contributed by atoms with van der Waals surface area (Å²) < 4.78 is 0.959. The van der Waals surface area contributed by atoms with Gasteiger partial charge in [0.15, 0.2) is 5.78 Å². The molecule has 1 nitrogen and oxygen atoms in total. The maximum absolute atomic E-state index is 12.1. The average molecular weight is 350 g/mol. The fraction of sp³-hybridized carbons (Fsp3) is 0.0833. The van der Waals surface area contributed by atoms with Gasteiger partial charge in [0.2, 0.25) is 0 Å². The van der Waals surface area contributed by atoms with Crippen molar-refractivity contribution in [1.82, 2.24) is 0 Å². The summed E-state index contributed by atoms with van der Waals surface area (Å²) in [6, 6.07) is 6.84. The van der Waals surface area contributed by atoms with Crippen LogP contribution in [0.2, 0.25) is 10.0 Å². The van der Waals surface area contributed by atoms with E-state index in [9.17, 15) is 4.79 Å². The third kappa shape index (κ3) is 3.10. The van der Waals surface area contributed by atoms with Gasteiger partial charge in [-0.25, -0.2) is 0 Å². The molecule has 1 heterocycles. The van der Waals surface area contributed by atoms with E-state index in [0.29, 0.717) is 22.0 Å². The van der Waals surface area contributed by atoms with Gasteiger partial charge in [0, 0.05) is 26.4 Å². The van der Waals surface area contributed by atoms with E-state index < -0.39 is 0 Å². The van der Waals surface area contributed by atoms with Gasteiger partial charge in [-0.3, -0.25) is 4.79 Å². The third-order valence-corrected chi connectivity index (χ3v) is 4.72. The van der Waals surface area contributed by atoms with Gasteiger partial charge in [0.05, 0.1) is 5.02 Å². The van der Waals surface area contributed by atoms with Gasteiger partial charge in [-0.2, -0.15) is 0 Å². The number of hydrogen-bond acceptors (Lipinski definition) is 2. The van der Waals surface area contributed by atoms with E-state index in [1.165, 1.54) is 0 Å². The van der Waals surface area contributed by atoms with Crippen molar-refractivity contribution in [2.45, 2.75) is 6.42 Å². The lowest BCUT2D eigenvalue weighted by molar-refractivity contribution is 0.0994. The van der Waals surface area contributed by atoms with Crippen LogP contribution in [0.4, 0.5) is 0 Å². The summed E-state index contributed by atoms with van der Waals surface area (Å²) in [6.45, 7) is 0. The summed E-state index contributed by atoms with van der Waals surface area (Å²) in [7, 11) is 0. The van der Waals surface area contributed by atoms with E-state index in [1.807, 2.05) is 11.4 Å². The van der Waals surface area contributed by atoms with Crippen molar-refractivity contribution in [3.63, 3.8) is 0 Å². The fourth-order valence-corrected chi connectivity index (χ4v) is 3.41. The number of carbonyl (C=O) groups excluding carboxylic acids is 1. The highest BCUT2D eigenvalue weighted by molar-refractivity contribution is 9.10. The van der Waals surface area contributed by atoms with Crippen molar-refractivity contribution >= 4 is 56.3 Å². The quantitative estimate of drug-likeness (QED) is 0.692. The third-order valence-electron chi connectivity index (χ3n) is 2.24. The van der Waals surface area contributed by atoms with Crippen molar-refractivity contribution in [3.05, 3.63) is 54.6 Å². The Kier molecular flexibility index (Phi) is 4.26. The van der Waals surface area contributed by atoms with Gasteiger partial charge < -0.3 is 0 Å². The molecule has 0 saturated heterocycles. The molecule has 0 atom stereocenters. The summed E-state index contributed by atoms with van der Waals surface area (Å²) in [4.78, 5) is 13.1. The highest BCUT2D eigenvalue weighted by atomic mass is 79.9. The summed E-state index contributed by atoms with van der Waals surface area (Å²) in [5.41, 5.74) is 0.511. The van der Waals surface area contributed by atoms with Crippen molar-refractivity contribution in [2.24, 2.45) is 0 Å². The van der Waals surface area contributed by atoms with Crippen LogP contribution in [0.3, 0.4) is 0 Å². The molecule has 0 aliphatic carbocycles. The lowest BCUT2D eigenvalue weighted by atomic mass is 10.1. The van der Waals surface area contributed by atoms with Crippen LogP contribution in [0.5, 0.6) is 0 Å². The number of carbonyl (C=O) groups is 1. The molecule has 0 spiro atoms. The molecule has 1 aromatic heterocycles. The van der Waals surface area contributed by atoms with Gasteiger partial charge in [0.1, 0.15) is 0 Å². The molecule has 0 amide bonds. The first kappa shape index (κ1) is 13.1. The number of hydrogen-bond donors (Lipinski definition) is 0. The van der Waals surface area contributed by atoms with Crippen molar-refractivity contribution in [1.29, 1.82) is 0 Å². The lowest BCUT2D eigenvalue weighted by Gasteiger charge is -2.03. The van der Waals surface area contributed by atoms with E-state index in [2.05, 4.69) is 15.9 Å². The molecule has 5 heteroatoms. The number of rotatable bonds is 3. The molecule has 0 aliphatic heterocycles. The molecular formula is C12H7BrCl2OS. The number of benzene rings is 1. The van der Waals surface area contributed by atoms with E-state index >= 15 is 0 Å². The minimum absolute atomic E-state index is 0.00480. The molecule has 0 N–H and O–H groups in total. The molecule has 0 fully saturated rings. The highest BCUT2D eigenvalue weighted by Crippen LogP contribution is 2.27. The number of ketones is 1. The number of Topliss-reactive ketones (excluding diaryl/α,β-unsaturated/α-hetero) is 1. The first-order valence-electron chi connectivity index (χ1n) is 4.78. The molecule has 0 bridgehead atoms. The van der Waals surface area contributed by atoms with Crippen molar-refractivity contribution < 1.29 is 4.79 Å². The molecule has 0 saturated carbocycles. The Labute approximate surface area is 121 Å². The molecule has 2 rings (SSSR count). The van der Waals surface area contributed by atoms with E-state index in [0.717, 1.165) is 9.35 Å². The molecule has 0 unspecified atom stereocenters. The van der Waals surface area contributed by atoms with Gasteiger partial charge in [0.25, 0.3) is 0 Å². The van der Waals surface area contributed by atoms with Crippen LogP contribution in [0.25, 0.3) is 0 Å². The molecule has 0 radical (unpaired) electrons. The Balaban J connectivity index is 2.23. The van der Waals surface area contributed by atoms with Crippen LogP contribution < -0.4 is 0 Å². The lowest BCUT2D eigenvalue weighted by Crippen LogP contribution is -2.03. The molecule has 2 aromatic rings. The first-order valence-corrected chi connectivity index (χ1v) is 7.21. The second-order valence-corrected chi connectivity index (χ2v) is 6.11. The molecule has 0 aliphatic rings. The van der Waals surface area contributed by atoms with Crippen LogP contribution in [0.1, 0.15) is 15.2 Å². The summed E-state index contributed by atoms with van der Waals surface area (Å²) in [6.07, 6.45) is 0.347. The first-order chi connectivity index (χ1) is 8.08. The smallest absolute Gasteiger partial charge is 0.169 e. The predicted octanol–water partition coefficient (Wildman–Crippen LogP) is 5.24. The Morgan fingerprint density at radius 1 is 1.29 bits per heavy atom. The van der Waals surface area contributed by atoms with Crippen molar-refractivity contribution in [3.8, 4) is 0 Å². The van der Waals surface area contributed by atoms with Crippen LogP contribution in [-0.4, -0.2) is 5.78 Å². The van der Waals surface area contributed by atoms with Crippen LogP contribution in [0.15, 0.2) is 34.1 Å². The Bertz CT molecular complexity index is 565. The maximum atomic E-state index is 12.1. The van der Waals surface area contributed by atoms with E-state index in [1.54, 1.807) is 29.5 Å². The van der Waals surface area contributed by atoms with E-state index in [4.69, 9.17) is 23.2 Å². The van der Waals surface area contributed by atoms with Crippen LogP contribution in [-0.2, 0) is 6.42 Å². The summed E-state index contributed by atoms with van der Waals surface area (Å²) in [5, 5.41) is 2.87. The Hall–Kier alpha value is -0.350. The largest absolute Gasteiger partial charge is 0.294 e. The van der Waals surface area contributed by atoms with Crippen LogP contribution >= 0.6 is 50.5 Å². The normalized spacial score (nSPS) is 10.5. The number of thiophene rings is 1. The molecular weight excluding hydrogens is 343 g/mol. The second-order valence-electron chi connectivity index (χ2n) is 3.42. The van der Waals surface area contributed by atoms with Gasteiger partial charge in [-0.15, -0.1) is 11.3 Å². The minimum atomic E-state index is -0.00480. The second kappa shape index (κ2) is 5.53. The van der Waals surface area contributed by atoms with Crippen LogP contribution in [0, 0.1) is 0 Å². The highest BCUT2D eigenvalue weighted by Gasteiger charge is 2.13. The van der Waals surface area contributed by atoms with Gasteiger partial charge in [-0.05, 0) is 45.6 Å². The Morgan fingerprint density at radius 2 is 2.06 bits per heavy atom. The standard InChI is InChI=1S/C12H7BrCl2OS/c13-9-3-4-17-12(9)6-11(16)8-2-1-7(14)5-10(8)15/h1-5H,6H2. The average Bonchev–Trinajstić information content (AvgIpc) is 2.64. The molecule has 17 heavy (non-hydrogen) atoms. The number of halogens is 3. The predicted molar refractivity (Wildman–Crippen MR) is 76.5 cm³/mol. The zero-order valence-electron chi connectivity index (χ0n) is 8.54. The SMILES string of the molecule is O=C(Cc1sccc1Br)c1ccc(Cl)cc1Cl. The monoisotopic (exact) mass is 348 g/mol. The fourth-order valence-electron chi connectivity index (χ4n) is 1.41. The van der Waals surface area contributed by atoms with Gasteiger partial charge >= 0.3 is 0 Å². The zero-order chi connectivity index (χ0) is 12.4. The zero-order valence-corrected chi connectivity index (χ0v) is 12.5. The van der Waals surface area contributed by atoms with Crippen molar-refractivity contribution in [2.75, 3.05) is 0 Å². The summed E-state index contributed by atoms with van der Waals surface area (Å²) >= 11 is 16.7. The van der Waals surface area contributed by atoms with Gasteiger partial charge in [-0.1, -0.05) is 23.2 Å². The van der Waals surface area contributed by atoms with E-state index in [-0.39, 0.29) is 5.78 Å². The molecule has 1 aromatic carbocycles. The topological polar surface area (TPSA) is 17.1 Å². The maximum Gasteiger partial charge on any atom is 0.169 e. The minimum Gasteiger partial charge on any atom is -0.294 e. The summed E-state index contributed by atoms with van der Waals surface area (Å²) in [5.74, 6) is -0.00480. The molecule has 88 valence electrons. The Morgan fingerprint density at radius 3 is 2.65 bits per heavy atom.